The van der Waals surface area contributed by atoms with Gasteiger partial charge in [-0.3, -0.25) is 14.7 Å². The Morgan fingerprint density at radius 3 is 0.812 bits per heavy atom. The first kappa shape index (κ1) is 38.3. The average Bonchev–Trinajstić information content (AvgIpc) is 2.89. The zero-order chi connectivity index (χ0) is 35.9. The Hall–Kier alpha value is -2.49. The number of aromatic nitrogens is 3. The number of rotatable bonds is 12. The van der Waals surface area contributed by atoms with Crippen LogP contribution in [0.4, 0.5) is 0 Å². The van der Waals surface area contributed by atoms with Crippen molar-refractivity contribution in [2.45, 2.75) is 173 Å². The van der Waals surface area contributed by atoms with Gasteiger partial charge in [-0.15, -0.1) is 34.7 Å². The molecule has 4 heterocycles. The highest BCUT2D eigenvalue weighted by Crippen LogP contribution is 2.43. The van der Waals surface area contributed by atoms with Gasteiger partial charge < -0.3 is 14.2 Å². The largest absolute Gasteiger partial charge is 0.460 e. The monoisotopic (exact) mass is 667 g/mol. The molecule has 3 aliphatic heterocycles. The van der Waals surface area contributed by atoms with E-state index >= 15 is 0 Å². The van der Waals surface area contributed by atoms with Crippen LogP contribution in [0.15, 0.2) is 38.0 Å². The lowest BCUT2D eigenvalue weighted by atomic mass is 9.78. The molecule has 0 saturated carbocycles. The van der Waals surface area contributed by atoms with Crippen molar-refractivity contribution in [2.24, 2.45) is 0 Å². The maximum absolute atomic E-state index is 6.66. The normalized spacial score (nSPS) is 26.0. The molecule has 0 aromatic carbocycles. The van der Waals surface area contributed by atoms with Crippen LogP contribution in [0.25, 0.3) is 0 Å². The van der Waals surface area contributed by atoms with Crippen LogP contribution in [0.5, 0.6) is 18.0 Å². The van der Waals surface area contributed by atoms with Crippen LogP contribution >= 0.6 is 0 Å². The highest BCUT2D eigenvalue weighted by Gasteiger charge is 2.48. The van der Waals surface area contributed by atoms with E-state index < -0.39 is 0 Å². The molecule has 9 heteroatoms. The van der Waals surface area contributed by atoms with Crippen LogP contribution in [0, 0.1) is 0 Å². The third-order valence-corrected chi connectivity index (χ3v) is 11.1. The number of hydrogen-bond acceptors (Lipinski definition) is 9. The molecule has 0 aliphatic carbocycles. The quantitative estimate of drug-likeness (QED) is 0.209. The lowest BCUT2D eigenvalue weighted by molar-refractivity contribution is -0.0731. The molecule has 0 bridgehead atoms. The molecule has 3 aliphatic rings. The Labute approximate surface area is 292 Å². The van der Waals surface area contributed by atoms with Crippen LogP contribution in [0.3, 0.4) is 0 Å². The van der Waals surface area contributed by atoms with Crippen molar-refractivity contribution in [3.63, 3.8) is 0 Å². The van der Waals surface area contributed by atoms with Crippen molar-refractivity contribution >= 4 is 0 Å². The van der Waals surface area contributed by atoms with E-state index in [4.69, 9.17) is 29.2 Å². The van der Waals surface area contributed by atoms with Crippen molar-refractivity contribution < 1.29 is 14.2 Å². The van der Waals surface area contributed by atoms with Crippen molar-refractivity contribution in [2.75, 3.05) is 19.6 Å². The van der Waals surface area contributed by atoms with Crippen molar-refractivity contribution in [1.82, 2.24) is 29.7 Å². The third-order valence-electron chi connectivity index (χ3n) is 11.1. The lowest BCUT2D eigenvalue weighted by Crippen LogP contribution is -2.62. The highest BCUT2D eigenvalue weighted by atomic mass is 16.5. The molecule has 48 heavy (non-hydrogen) atoms. The van der Waals surface area contributed by atoms with Crippen LogP contribution < -0.4 is 14.2 Å². The fourth-order valence-corrected chi connectivity index (χ4v) is 9.72. The predicted octanol–water partition coefficient (Wildman–Crippen LogP) is 7.63. The number of nitrogens with zero attached hydrogens (tertiary/aromatic N) is 6. The Kier molecular flexibility index (Phi) is 10.9. The third kappa shape index (κ3) is 8.44. The Morgan fingerprint density at radius 2 is 0.646 bits per heavy atom. The van der Waals surface area contributed by atoms with Crippen LogP contribution in [0.2, 0.25) is 0 Å². The maximum atomic E-state index is 6.66. The summed E-state index contributed by atoms with van der Waals surface area (Å²) in [6.07, 6.45) is 10.7. The van der Waals surface area contributed by atoms with E-state index in [9.17, 15) is 0 Å². The SMILES string of the molecule is C=CCN1C(C)(C)CC(Oc2nc(OC3CC(C)(C)N(CC=C)C(C)(C)C3)nc(OC3CC(C)(C)N(CC=C)C(C)(C)C3)n2)CC1(C)C. The van der Waals surface area contributed by atoms with Gasteiger partial charge in [0.15, 0.2) is 0 Å². The summed E-state index contributed by atoms with van der Waals surface area (Å²) in [6.45, 7) is 41.8. The van der Waals surface area contributed by atoms with Crippen LogP contribution in [-0.4, -0.2) is 101 Å². The summed E-state index contributed by atoms with van der Waals surface area (Å²) in [5.41, 5.74) is -0.587. The van der Waals surface area contributed by atoms with Gasteiger partial charge in [-0.25, -0.2) is 0 Å². The van der Waals surface area contributed by atoms with Crippen molar-refractivity contribution in [3.05, 3.63) is 38.0 Å². The molecule has 0 atom stereocenters. The molecule has 3 fully saturated rings. The highest BCUT2D eigenvalue weighted by molar-refractivity contribution is 5.14. The lowest BCUT2D eigenvalue weighted by Gasteiger charge is -2.54. The molecular weight excluding hydrogens is 600 g/mol. The van der Waals surface area contributed by atoms with E-state index in [0.29, 0.717) is 0 Å². The summed E-state index contributed by atoms with van der Waals surface area (Å²) in [6, 6.07) is 0.775. The number of hydrogen-bond donors (Lipinski definition) is 0. The molecule has 270 valence electrons. The second-order valence-corrected chi connectivity index (χ2v) is 18.2. The molecule has 0 radical (unpaired) electrons. The number of likely N-dealkylation sites (tertiary alicyclic amines) is 3. The van der Waals surface area contributed by atoms with Crippen molar-refractivity contribution in [1.29, 1.82) is 0 Å². The van der Waals surface area contributed by atoms with Gasteiger partial charge in [-0.2, -0.15) is 0 Å². The van der Waals surface area contributed by atoms with Gasteiger partial charge in [-0.05, 0) is 83.1 Å². The Balaban J connectivity index is 1.65. The first-order valence-electron chi connectivity index (χ1n) is 18.0. The molecule has 4 rings (SSSR count). The van der Waals surface area contributed by atoms with E-state index in [1.54, 1.807) is 0 Å². The van der Waals surface area contributed by atoms with Gasteiger partial charge in [0.2, 0.25) is 0 Å². The molecule has 1 aromatic heterocycles. The molecule has 0 unspecified atom stereocenters. The van der Waals surface area contributed by atoms with E-state index in [-0.39, 0.29) is 69.6 Å². The zero-order valence-electron chi connectivity index (χ0n) is 32.4. The summed E-state index contributed by atoms with van der Waals surface area (Å²) in [4.78, 5) is 21.9. The average molecular weight is 667 g/mol. The minimum Gasteiger partial charge on any atom is -0.460 e. The minimum atomic E-state index is -0.0978. The molecule has 9 nitrogen and oxygen atoms in total. The van der Waals surface area contributed by atoms with Gasteiger partial charge in [0, 0.05) is 91.4 Å². The Morgan fingerprint density at radius 1 is 0.458 bits per heavy atom. The maximum Gasteiger partial charge on any atom is 0.326 e. The van der Waals surface area contributed by atoms with E-state index in [1.807, 2.05) is 18.2 Å². The molecule has 1 aromatic rings. The molecule has 3 saturated heterocycles. The molecule has 0 amide bonds. The Bertz CT molecular complexity index is 1100. The van der Waals surface area contributed by atoms with Crippen molar-refractivity contribution in [3.8, 4) is 18.0 Å². The topological polar surface area (TPSA) is 76.1 Å². The fraction of sp³-hybridized carbons (Fsp3) is 0.769. The minimum absolute atomic E-state index is 0.0841. The predicted molar refractivity (Wildman–Crippen MR) is 196 cm³/mol. The molecule has 0 N–H and O–H groups in total. The summed E-state index contributed by atoms with van der Waals surface area (Å²) in [7, 11) is 0. The first-order chi connectivity index (χ1) is 22.0. The van der Waals surface area contributed by atoms with Crippen LogP contribution in [-0.2, 0) is 0 Å². The molecular formula is C39H66N6O3. The zero-order valence-corrected chi connectivity index (χ0v) is 32.4. The van der Waals surface area contributed by atoms with Gasteiger partial charge in [0.25, 0.3) is 0 Å². The van der Waals surface area contributed by atoms with E-state index in [0.717, 1.165) is 58.2 Å². The number of piperidine rings is 3. The summed E-state index contributed by atoms with van der Waals surface area (Å²) < 4.78 is 20.0. The second-order valence-electron chi connectivity index (χ2n) is 18.2. The van der Waals surface area contributed by atoms with Gasteiger partial charge in [0.1, 0.15) is 18.3 Å². The summed E-state index contributed by atoms with van der Waals surface area (Å²) in [5, 5.41) is 0. The van der Waals surface area contributed by atoms with E-state index in [1.165, 1.54) is 0 Å². The standard InChI is InChI=1S/C39H66N6O3/c1-16-19-43-34(4,5)22-28(23-35(43,6)7)46-31-40-32(47-29-24-36(8,9)44(20-17-2)37(10,11)25-29)42-33(41-31)48-30-26-38(12,13)45(21-18-3)39(14,15)27-30/h16-18,28-30H,1-3,19-27H2,4-15H3. The summed E-state index contributed by atoms with van der Waals surface area (Å²) in [5.74, 6) is 0. The van der Waals surface area contributed by atoms with Gasteiger partial charge >= 0.3 is 18.0 Å². The fourth-order valence-electron chi connectivity index (χ4n) is 9.72. The second kappa shape index (κ2) is 13.7. The van der Waals surface area contributed by atoms with Gasteiger partial charge in [-0.1, -0.05) is 18.2 Å². The van der Waals surface area contributed by atoms with Crippen LogP contribution in [0.1, 0.15) is 122 Å². The first-order valence-corrected chi connectivity index (χ1v) is 18.0. The van der Waals surface area contributed by atoms with Gasteiger partial charge in [0.05, 0.1) is 0 Å². The number of ether oxygens (including phenoxy) is 3. The summed E-state index contributed by atoms with van der Waals surface area (Å²) >= 11 is 0. The smallest absolute Gasteiger partial charge is 0.326 e. The van der Waals surface area contributed by atoms with E-state index in [2.05, 4.69) is 118 Å². The molecule has 0 spiro atoms.